The van der Waals surface area contributed by atoms with Crippen molar-refractivity contribution < 1.29 is 14.0 Å². The molecular weight excluding hydrogens is 355 g/mol. The number of hydrogen-bond donors (Lipinski definition) is 0. The SMILES string of the molecule is CC(=O)N(CCC(=O)N1[C@@H](C)Cc2cc(F)ccc2[C@@H]1C)Cc1ccccc1. The second-order valence-electron chi connectivity index (χ2n) is 7.55. The van der Waals surface area contributed by atoms with Crippen LogP contribution in [0, 0.1) is 5.82 Å². The molecule has 148 valence electrons. The third-order valence-corrected chi connectivity index (χ3v) is 5.51. The molecule has 0 aliphatic carbocycles. The average Bonchev–Trinajstić information content (AvgIpc) is 2.65. The molecule has 2 aromatic carbocycles. The Balaban J connectivity index is 1.67. The van der Waals surface area contributed by atoms with E-state index in [-0.39, 0.29) is 36.1 Å². The predicted octanol–water partition coefficient (Wildman–Crippen LogP) is 4.10. The molecule has 5 heteroatoms. The minimum atomic E-state index is -0.240. The van der Waals surface area contributed by atoms with Gasteiger partial charge in [0.25, 0.3) is 0 Å². The molecule has 28 heavy (non-hydrogen) atoms. The maximum absolute atomic E-state index is 13.6. The van der Waals surface area contributed by atoms with Gasteiger partial charge < -0.3 is 9.80 Å². The number of carbonyl (C=O) groups is 2. The van der Waals surface area contributed by atoms with E-state index in [9.17, 15) is 14.0 Å². The molecule has 0 N–H and O–H groups in total. The number of rotatable bonds is 5. The van der Waals surface area contributed by atoms with Gasteiger partial charge in [0.05, 0.1) is 6.04 Å². The monoisotopic (exact) mass is 382 g/mol. The number of hydrogen-bond acceptors (Lipinski definition) is 2. The Labute approximate surface area is 166 Å². The van der Waals surface area contributed by atoms with E-state index in [0.29, 0.717) is 19.5 Å². The third-order valence-electron chi connectivity index (χ3n) is 5.51. The van der Waals surface area contributed by atoms with Crippen molar-refractivity contribution in [2.75, 3.05) is 6.54 Å². The van der Waals surface area contributed by atoms with Gasteiger partial charge in [-0.15, -0.1) is 0 Å². The molecule has 4 nitrogen and oxygen atoms in total. The molecule has 0 spiro atoms. The molecule has 0 radical (unpaired) electrons. The lowest BCUT2D eigenvalue weighted by Gasteiger charge is -2.40. The van der Waals surface area contributed by atoms with Gasteiger partial charge in [-0.2, -0.15) is 0 Å². The van der Waals surface area contributed by atoms with Crippen molar-refractivity contribution in [3.05, 3.63) is 71.0 Å². The number of amides is 2. The van der Waals surface area contributed by atoms with Crippen LogP contribution in [0.1, 0.15) is 49.9 Å². The maximum Gasteiger partial charge on any atom is 0.225 e. The summed E-state index contributed by atoms with van der Waals surface area (Å²) in [6, 6.07) is 14.5. The van der Waals surface area contributed by atoms with Gasteiger partial charge in [0.1, 0.15) is 5.82 Å². The first-order valence-electron chi connectivity index (χ1n) is 9.75. The van der Waals surface area contributed by atoms with Gasteiger partial charge in [0.15, 0.2) is 0 Å². The molecule has 1 aliphatic rings. The quantitative estimate of drug-likeness (QED) is 0.781. The Kier molecular flexibility index (Phi) is 6.12. The lowest BCUT2D eigenvalue weighted by Crippen LogP contribution is -2.46. The largest absolute Gasteiger partial charge is 0.338 e. The molecule has 2 amide bonds. The molecule has 3 rings (SSSR count). The second-order valence-corrected chi connectivity index (χ2v) is 7.55. The van der Waals surface area contributed by atoms with E-state index in [2.05, 4.69) is 0 Å². The van der Waals surface area contributed by atoms with Crippen LogP contribution in [-0.2, 0) is 22.6 Å². The van der Waals surface area contributed by atoms with E-state index in [0.717, 1.165) is 16.7 Å². The van der Waals surface area contributed by atoms with Crippen molar-refractivity contribution in [2.24, 2.45) is 0 Å². The maximum atomic E-state index is 13.6. The molecule has 0 saturated heterocycles. The van der Waals surface area contributed by atoms with Crippen LogP contribution >= 0.6 is 0 Å². The number of benzene rings is 2. The van der Waals surface area contributed by atoms with Crippen molar-refractivity contribution in [3.8, 4) is 0 Å². The normalized spacial score (nSPS) is 18.5. The molecule has 1 aliphatic heterocycles. The van der Waals surface area contributed by atoms with E-state index in [1.807, 2.05) is 49.1 Å². The van der Waals surface area contributed by atoms with Gasteiger partial charge in [-0.3, -0.25) is 9.59 Å². The fourth-order valence-electron chi connectivity index (χ4n) is 4.08. The summed E-state index contributed by atoms with van der Waals surface area (Å²) in [5.41, 5.74) is 3.01. The topological polar surface area (TPSA) is 40.6 Å². The van der Waals surface area contributed by atoms with Crippen LogP contribution in [0.5, 0.6) is 0 Å². The number of halogens is 1. The van der Waals surface area contributed by atoms with Gasteiger partial charge in [0.2, 0.25) is 11.8 Å². The molecule has 0 unspecified atom stereocenters. The lowest BCUT2D eigenvalue weighted by atomic mass is 9.89. The van der Waals surface area contributed by atoms with Crippen LogP contribution in [-0.4, -0.2) is 34.2 Å². The fourth-order valence-corrected chi connectivity index (χ4v) is 4.08. The first-order valence-corrected chi connectivity index (χ1v) is 9.75. The zero-order valence-corrected chi connectivity index (χ0v) is 16.7. The van der Waals surface area contributed by atoms with Crippen molar-refractivity contribution in [1.82, 2.24) is 9.80 Å². The Bertz CT molecular complexity index is 853. The van der Waals surface area contributed by atoms with Gasteiger partial charge >= 0.3 is 0 Å². The Hall–Kier alpha value is -2.69. The van der Waals surface area contributed by atoms with Crippen LogP contribution in [0.2, 0.25) is 0 Å². The summed E-state index contributed by atoms with van der Waals surface area (Å²) in [5.74, 6) is -0.262. The third kappa shape index (κ3) is 4.41. The summed E-state index contributed by atoms with van der Waals surface area (Å²) in [6.07, 6.45) is 0.918. The molecule has 2 atom stereocenters. The van der Waals surface area contributed by atoms with E-state index >= 15 is 0 Å². The summed E-state index contributed by atoms with van der Waals surface area (Å²) in [7, 11) is 0. The highest BCUT2D eigenvalue weighted by Gasteiger charge is 2.32. The molecular formula is C23H27FN2O2. The summed E-state index contributed by atoms with van der Waals surface area (Å²) >= 11 is 0. The highest BCUT2D eigenvalue weighted by molar-refractivity contribution is 5.79. The van der Waals surface area contributed by atoms with E-state index in [4.69, 9.17) is 0 Å². The number of carbonyl (C=O) groups excluding carboxylic acids is 2. The summed E-state index contributed by atoms with van der Waals surface area (Å²) in [6.45, 7) is 6.39. The molecule has 0 saturated carbocycles. The van der Waals surface area contributed by atoms with Crippen molar-refractivity contribution in [3.63, 3.8) is 0 Å². The van der Waals surface area contributed by atoms with Gasteiger partial charge in [-0.05, 0) is 49.1 Å². The molecule has 2 aromatic rings. The van der Waals surface area contributed by atoms with E-state index in [1.165, 1.54) is 13.0 Å². The minimum absolute atomic E-state index is 0.00305. The number of fused-ring (bicyclic) bond motifs is 1. The smallest absolute Gasteiger partial charge is 0.225 e. The molecule has 0 fully saturated rings. The average molecular weight is 382 g/mol. The van der Waals surface area contributed by atoms with E-state index < -0.39 is 0 Å². The predicted molar refractivity (Wildman–Crippen MR) is 107 cm³/mol. The fraction of sp³-hybridized carbons (Fsp3) is 0.391. The second kappa shape index (κ2) is 8.55. The van der Waals surface area contributed by atoms with E-state index in [1.54, 1.807) is 17.0 Å². The highest BCUT2D eigenvalue weighted by Crippen LogP contribution is 2.33. The lowest BCUT2D eigenvalue weighted by molar-refractivity contribution is -0.137. The van der Waals surface area contributed by atoms with Crippen LogP contribution in [0.25, 0.3) is 0 Å². The first-order chi connectivity index (χ1) is 13.4. The number of nitrogens with zero attached hydrogens (tertiary/aromatic N) is 2. The summed E-state index contributed by atoms with van der Waals surface area (Å²) in [5, 5.41) is 0. The van der Waals surface area contributed by atoms with Crippen molar-refractivity contribution >= 4 is 11.8 Å². The first kappa shape index (κ1) is 20.1. The zero-order valence-electron chi connectivity index (χ0n) is 16.7. The Morgan fingerprint density at radius 1 is 1.14 bits per heavy atom. The van der Waals surface area contributed by atoms with Crippen LogP contribution in [0.4, 0.5) is 4.39 Å². The summed E-state index contributed by atoms with van der Waals surface area (Å²) in [4.78, 5) is 28.6. The molecule has 0 bridgehead atoms. The van der Waals surface area contributed by atoms with Crippen LogP contribution < -0.4 is 0 Å². The highest BCUT2D eigenvalue weighted by atomic mass is 19.1. The van der Waals surface area contributed by atoms with Crippen molar-refractivity contribution in [1.29, 1.82) is 0 Å². The molecule has 1 heterocycles. The zero-order chi connectivity index (χ0) is 20.3. The van der Waals surface area contributed by atoms with Crippen molar-refractivity contribution in [2.45, 2.75) is 52.2 Å². The Morgan fingerprint density at radius 2 is 1.86 bits per heavy atom. The van der Waals surface area contributed by atoms with Crippen LogP contribution in [0.15, 0.2) is 48.5 Å². The van der Waals surface area contributed by atoms with Gasteiger partial charge in [-0.25, -0.2) is 4.39 Å². The van der Waals surface area contributed by atoms with Crippen LogP contribution in [0.3, 0.4) is 0 Å². The standard InChI is InChI=1S/C23H27FN2O2/c1-16-13-20-14-21(24)9-10-22(20)17(2)26(16)23(28)11-12-25(18(3)27)15-19-7-5-4-6-8-19/h4-10,14,16-17H,11-13,15H2,1-3H3/t16-,17-/m0/s1. The Morgan fingerprint density at radius 3 is 2.54 bits per heavy atom. The minimum Gasteiger partial charge on any atom is -0.338 e. The van der Waals surface area contributed by atoms with Gasteiger partial charge in [-0.1, -0.05) is 36.4 Å². The summed E-state index contributed by atoms with van der Waals surface area (Å²) < 4.78 is 13.6. The molecule has 0 aromatic heterocycles. The van der Waals surface area contributed by atoms with Gasteiger partial charge in [0, 0.05) is 32.5 Å².